The van der Waals surface area contributed by atoms with Crippen molar-refractivity contribution >= 4 is 23.4 Å². The van der Waals surface area contributed by atoms with E-state index in [-0.39, 0.29) is 23.1 Å². The Morgan fingerprint density at radius 2 is 1.77 bits per heavy atom. The molecule has 9 heteroatoms. The van der Waals surface area contributed by atoms with Crippen molar-refractivity contribution in [1.29, 1.82) is 0 Å². The normalized spacial score (nSPS) is 14.3. The van der Waals surface area contributed by atoms with Gasteiger partial charge >= 0.3 is 0 Å². The van der Waals surface area contributed by atoms with Gasteiger partial charge in [0, 0.05) is 17.3 Å². The molecule has 1 aliphatic rings. The van der Waals surface area contributed by atoms with Crippen molar-refractivity contribution in [1.82, 2.24) is 10.6 Å². The Kier molecular flexibility index (Phi) is 7.54. The van der Waals surface area contributed by atoms with E-state index in [9.17, 15) is 23.2 Å². The number of rotatable bonds is 8. The van der Waals surface area contributed by atoms with Crippen LogP contribution < -0.4 is 15.5 Å². The predicted molar refractivity (Wildman–Crippen MR) is 124 cm³/mol. The van der Waals surface area contributed by atoms with Gasteiger partial charge in [0.15, 0.2) is 5.76 Å². The predicted octanol–water partition coefficient (Wildman–Crippen LogP) is 4.12. The number of carbonyl (C=O) groups is 3. The quantitative estimate of drug-likeness (QED) is 0.506. The first-order chi connectivity index (χ1) is 16.9. The topological polar surface area (TPSA) is 91.7 Å². The maximum absolute atomic E-state index is 15.0. The number of nitrogens with zero attached hydrogens (tertiary/aromatic N) is 1. The average molecular weight is 481 g/mol. The van der Waals surface area contributed by atoms with E-state index in [1.165, 1.54) is 54.8 Å². The number of halogens is 2. The summed E-state index contributed by atoms with van der Waals surface area (Å²) in [4.78, 5) is 40.3. The number of carbonyl (C=O) groups excluding carboxylic acids is 3. The molecule has 4 rings (SSSR count). The van der Waals surface area contributed by atoms with Gasteiger partial charge in [-0.3, -0.25) is 19.3 Å². The van der Waals surface area contributed by atoms with Crippen LogP contribution in [0.15, 0.2) is 71.3 Å². The van der Waals surface area contributed by atoms with Gasteiger partial charge in [0.05, 0.1) is 12.8 Å². The van der Waals surface area contributed by atoms with E-state index in [1.807, 2.05) is 0 Å². The fourth-order valence-corrected chi connectivity index (χ4v) is 4.24. The molecule has 1 atom stereocenters. The van der Waals surface area contributed by atoms with Crippen LogP contribution in [0.3, 0.4) is 0 Å². The second-order valence-corrected chi connectivity index (χ2v) is 8.32. The minimum absolute atomic E-state index is 0.000245. The van der Waals surface area contributed by atoms with Crippen molar-refractivity contribution in [2.45, 2.75) is 37.8 Å². The maximum atomic E-state index is 15.0. The lowest BCUT2D eigenvalue weighted by Crippen LogP contribution is -2.49. The number of furan rings is 1. The zero-order chi connectivity index (χ0) is 24.8. The minimum Gasteiger partial charge on any atom is -0.459 e. The van der Waals surface area contributed by atoms with E-state index >= 15 is 0 Å². The largest absolute Gasteiger partial charge is 0.459 e. The molecule has 0 saturated heterocycles. The van der Waals surface area contributed by atoms with Crippen molar-refractivity contribution in [3.05, 3.63) is 89.9 Å². The zero-order valence-corrected chi connectivity index (χ0v) is 18.9. The summed E-state index contributed by atoms with van der Waals surface area (Å²) in [6.45, 7) is -0.530. The summed E-state index contributed by atoms with van der Waals surface area (Å²) in [5.74, 6) is -3.28. The lowest BCUT2D eigenvalue weighted by molar-refractivity contribution is -0.126. The smallest absolute Gasteiger partial charge is 0.287 e. The Morgan fingerprint density at radius 1 is 1.00 bits per heavy atom. The number of hydrogen-bond donors (Lipinski definition) is 2. The van der Waals surface area contributed by atoms with Gasteiger partial charge in [-0.15, -0.1) is 0 Å². The molecule has 1 aliphatic carbocycles. The number of amides is 3. The van der Waals surface area contributed by atoms with Gasteiger partial charge in [0.2, 0.25) is 11.8 Å². The zero-order valence-electron chi connectivity index (χ0n) is 18.9. The van der Waals surface area contributed by atoms with Gasteiger partial charge in [-0.1, -0.05) is 37.1 Å². The molecule has 0 aliphatic heterocycles. The summed E-state index contributed by atoms with van der Waals surface area (Å²) < 4.78 is 34.2. The number of nitrogens with one attached hydrogen (secondary N) is 2. The lowest BCUT2D eigenvalue weighted by Gasteiger charge is -2.32. The van der Waals surface area contributed by atoms with Crippen LogP contribution in [0.1, 0.15) is 47.8 Å². The maximum Gasteiger partial charge on any atom is 0.287 e. The molecule has 1 saturated carbocycles. The Morgan fingerprint density at radius 3 is 2.46 bits per heavy atom. The Hall–Kier alpha value is -4.01. The van der Waals surface area contributed by atoms with Gasteiger partial charge in [0.1, 0.15) is 17.7 Å². The highest BCUT2D eigenvalue weighted by Gasteiger charge is 2.36. The first kappa shape index (κ1) is 24.1. The molecule has 1 heterocycles. The van der Waals surface area contributed by atoms with E-state index in [4.69, 9.17) is 4.42 Å². The molecule has 1 aromatic heterocycles. The van der Waals surface area contributed by atoms with Crippen LogP contribution in [-0.2, 0) is 9.59 Å². The third-order valence-electron chi connectivity index (χ3n) is 5.91. The van der Waals surface area contributed by atoms with Crippen LogP contribution in [0, 0.1) is 11.6 Å². The monoisotopic (exact) mass is 481 g/mol. The molecule has 182 valence electrons. The van der Waals surface area contributed by atoms with Crippen LogP contribution in [0.4, 0.5) is 14.5 Å². The first-order valence-electron chi connectivity index (χ1n) is 11.4. The van der Waals surface area contributed by atoms with Crippen LogP contribution >= 0.6 is 0 Å². The SMILES string of the molecule is O=C(NCC(=O)N(c1cccc(F)c1)C(C(=O)NC1CCCC1)c1ccccc1F)c1ccco1. The first-order valence-corrected chi connectivity index (χ1v) is 11.4. The van der Waals surface area contributed by atoms with Crippen molar-refractivity contribution in [3.63, 3.8) is 0 Å². The molecule has 3 aromatic rings. The average Bonchev–Trinajstić information content (AvgIpc) is 3.56. The molecule has 7 nitrogen and oxygen atoms in total. The molecule has 0 bridgehead atoms. The fourth-order valence-electron chi connectivity index (χ4n) is 4.24. The van der Waals surface area contributed by atoms with E-state index in [2.05, 4.69) is 10.6 Å². The highest BCUT2D eigenvalue weighted by Crippen LogP contribution is 2.31. The van der Waals surface area contributed by atoms with E-state index in [0.717, 1.165) is 36.6 Å². The third kappa shape index (κ3) is 5.74. The van der Waals surface area contributed by atoms with E-state index in [1.54, 1.807) is 6.07 Å². The molecule has 0 spiro atoms. The van der Waals surface area contributed by atoms with Crippen molar-refractivity contribution in [2.75, 3.05) is 11.4 Å². The van der Waals surface area contributed by atoms with Crippen molar-refractivity contribution in [3.8, 4) is 0 Å². The summed E-state index contributed by atoms with van der Waals surface area (Å²) in [5.41, 5.74) is 0.00930. The lowest BCUT2D eigenvalue weighted by atomic mass is 10.0. The standard InChI is InChI=1S/C26H25F2N3O4/c27-17-7-5-10-19(15-17)31(23(32)16-29-25(33)22-13-6-14-35-22)24(20-11-3-4-12-21(20)28)26(34)30-18-8-1-2-9-18/h3-7,10-15,18,24H,1-2,8-9,16H2,(H,29,33)(H,30,34). The van der Waals surface area contributed by atoms with Gasteiger partial charge in [0.25, 0.3) is 5.91 Å². The van der Waals surface area contributed by atoms with E-state index in [0.29, 0.717) is 0 Å². The molecule has 2 aromatic carbocycles. The number of anilines is 1. The molecule has 1 unspecified atom stereocenters. The summed E-state index contributed by atoms with van der Waals surface area (Å²) in [6, 6.07) is 12.2. The van der Waals surface area contributed by atoms with Gasteiger partial charge in [-0.2, -0.15) is 0 Å². The van der Waals surface area contributed by atoms with Crippen molar-refractivity contribution < 1.29 is 27.6 Å². The van der Waals surface area contributed by atoms with Crippen LogP contribution in [0.25, 0.3) is 0 Å². The summed E-state index contributed by atoms with van der Waals surface area (Å²) >= 11 is 0. The highest BCUT2D eigenvalue weighted by atomic mass is 19.1. The Bertz CT molecular complexity index is 1190. The molecular formula is C26H25F2N3O4. The second kappa shape index (κ2) is 10.9. The fraction of sp³-hybridized carbons (Fsp3) is 0.269. The molecule has 3 amide bonds. The molecule has 2 N–H and O–H groups in total. The third-order valence-corrected chi connectivity index (χ3v) is 5.91. The minimum atomic E-state index is -1.42. The van der Waals surface area contributed by atoms with Crippen molar-refractivity contribution in [2.24, 2.45) is 0 Å². The van der Waals surface area contributed by atoms with Gasteiger partial charge in [-0.25, -0.2) is 8.78 Å². The summed E-state index contributed by atoms with van der Waals surface area (Å²) in [6.07, 6.45) is 4.80. The number of hydrogen-bond acceptors (Lipinski definition) is 4. The molecular weight excluding hydrogens is 456 g/mol. The molecule has 0 radical (unpaired) electrons. The van der Waals surface area contributed by atoms with Crippen LogP contribution in [0.2, 0.25) is 0 Å². The van der Waals surface area contributed by atoms with Crippen LogP contribution in [0.5, 0.6) is 0 Å². The molecule has 1 fully saturated rings. The summed E-state index contributed by atoms with van der Waals surface area (Å²) in [7, 11) is 0. The highest BCUT2D eigenvalue weighted by molar-refractivity contribution is 6.04. The van der Waals surface area contributed by atoms with Gasteiger partial charge < -0.3 is 15.1 Å². The Balaban J connectivity index is 1.70. The van der Waals surface area contributed by atoms with Crippen LogP contribution in [-0.4, -0.2) is 30.3 Å². The number of benzene rings is 2. The van der Waals surface area contributed by atoms with Gasteiger partial charge in [-0.05, 0) is 49.2 Å². The van der Waals surface area contributed by atoms with E-state index < -0.39 is 41.9 Å². The summed E-state index contributed by atoms with van der Waals surface area (Å²) in [5, 5.41) is 5.36. The Labute approximate surface area is 201 Å². The second-order valence-electron chi connectivity index (χ2n) is 8.32. The molecule has 35 heavy (non-hydrogen) atoms.